The minimum Gasteiger partial charge on any atom is -0.480 e. The molecule has 0 bridgehead atoms. The molecule has 46 heavy (non-hydrogen) atoms. The van der Waals surface area contributed by atoms with Crippen molar-refractivity contribution in [1.82, 2.24) is 14.5 Å². The molecule has 244 valence electrons. The Labute approximate surface area is 258 Å². The second-order valence-corrected chi connectivity index (χ2v) is 10.8. The van der Waals surface area contributed by atoms with E-state index < -0.39 is 70.7 Å². The lowest BCUT2D eigenvalue weighted by Crippen LogP contribution is -2.43. The van der Waals surface area contributed by atoms with Gasteiger partial charge in [-0.3, -0.25) is 14.2 Å². The number of aliphatic carboxylic acids is 1. The van der Waals surface area contributed by atoms with Crippen molar-refractivity contribution in [2.45, 2.75) is 38.0 Å². The number of nitrogens with zero attached hydrogens (tertiary/aromatic N) is 3. The van der Waals surface area contributed by atoms with Crippen molar-refractivity contribution in [3.05, 3.63) is 98.2 Å². The van der Waals surface area contributed by atoms with E-state index in [0.29, 0.717) is 28.6 Å². The Morgan fingerprint density at radius 3 is 2.11 bits per heavy atom. The number of carboxylic acid groups (broad SMARTS) is 1. The lowest BCUT2D eigenvalue weighted by Gasteiger charge is -2.21. The molecule has 4 aromatic rings. The molecule has 3 N–H and O–H groups in total. The quantitative estimate of drug-likeness (QED) is 0.220. The minimum absolute atomic E-state index is 0.191. The van der Waals surface area contributed by atoms with Crippen LogP contribution in [0.25, 0.3) is 16.6 Å². The number of nitrogens with one attached hydrogen (secondary N) is 2. The summed E-state index contributed by atoms with van der Waals surface area (Å²) in [4.78, 5) is 52.9. The zero-order valence-corrected chi connectivity index (χ0v) is 25.1. The molecule has 0 radical (unpaired) electrons. The van der Waals surface area contributed by atoms with E-state index in [0.717, 1.165) is 10.3 Å². The maximum atomic E-state index is 14.7. The van der Waals surface area contributed by atoms with Gasteiger partial charge in [-0.05, 0) is 54.4 Å². The fourth-order valence-electron chi connectivity index (χ4n) is 4.89. The Morgan fingerprint density at radius 1 is 0.978 bits per heavy atom. The van der Waals surface area contributed by atoms with Crippen LogP contribution in [0.5, 0.6) is 0 Å². The standard InChI is InChI=1S/C31H30F5N5O5/c1-5-25(31(34,35)36)37-17-13-21(32)26(22(33)14-17)27(42)38-23(29(44)45)12-16-6-8-18(9-7-16)41-28(43)20-15-19(39(2)3)10-11-24(20)40(4)30(41)46/h6-11,13-15,23,25,37H,5,12H2,1-4H3,(H,38,42)(H,44,45)/t23-,25+/m0/s1. The average molecular weight is 648 g/mol. The van der Waals surface area contributed by atoms with E-state index in [9.17, 15) is 46.2 Å². The van der Waals surface area contributed by atoms with Gasteiger partial charge in [0.2, 0.25) is 0 Å². The summed E-state index contributed by atoms with van der Waals surface area (Å²) >= 11 is 0. The van der Waals surface area contributed by atoms with Crippen LogP contribution in [0.4, 0.5) is 33.3 Å². The third kappa shape index (κ3) is 6.87. The van der Waals surface area contributed by atoms with E-state index in [2.05, 4.69) is 0 Å². The fourth-order valence-corrected chi connectivity index (χ4v) is 4.89. The summed E-state index contributed by atoms with van der Waals surface area (Å²) in [7, 11) is 5.12. The molecular formula is C31H30F5N5O5. The molecule has 1 aromatic heterocycles. The molecule has 0 fully saturated rings. The first-order valence-corrected chi connectivity index (χ1v) is 13.9. The van der Waals surface area contributed by atoms with Gasteiger partial charge in [-0.1, -0.05) is 19.1 Å². The monoisotopic (exact) mass is 647 g/mol. The number of aryl methyl sites for hydroxylation is 1. The lowest BCUT2D eigenvalue weighted by atomic mass is 10.0. The van der Waals surface area contributed by atoms with Gasteiger partial charge in [-0.15, -0.1) is 0 Å². The number of alkyl halides is 3. The van der Waals surface area contributed by atoms with Gasteiger partial charge in [-0.25, -0.2) is 22.9 Å². The molecular weight excluding hydrogens is 617 g/mol. The average Bonchev–Trinajstić information content (AvgIpc) is 2.98. The Kier molecular flexibility index (Phi) is 9.54. The van der Waals surface area contributed by atoms with Crippen LogP contribution < -0.4 is 26.8 Å². The second-order valence-electron chi connectivity index (χ2n) is 10.8. The number of fused-ring (bicyclic) bond motifs is 1. The van der Waals surface area contributed by atoms with Crippen molar-refractivity contribution in [1.29, 1.82) is 0 Å². The van der Waals surface area contributed by atoms with Crippen molar-refractivity contribution in [2.75, 3.05) is 24.3 Å². The zero-order valence-electron chi connectivity index (χ0n) is 25.1. The summed E-state index contributed by atoms with van der Waals surface area (Å²) < 4.78 is 70.9. The fraction of sp³-hybridized carbons (Fsp3) is 0.290. The summed E-state index contributed by atoms with van der Waals surface area (Å²) in [6, 6.07) is 8.04. The Morgan fingerprint density at radius 2 is 1.59 bits per heavy atom. The molecule has 1 heterocycles. The number of carboxylic acids is 1. The van der Waals surface area contributed by atoms with Gasteiger partial charge in [0.25, 0.3) is 11.5 Å². The van der Waals surface area contributed by atoms with E-state index in [4.69, 9.17) is 0 Å². The second kappa shape index (κ2) is 13.0. The number of anilines is 2. The number of rotatable bonds is 10. The summed E-state index contributed by atoms with van der Waals surface area (Å²) in [5, 5.41) is 14.0. The van der Waals surface area contributed by atoms with Crippen molar-refractivity contribution >= 4 is 34.2 Å². The van der Waals surface area contributed by atoms with Crippen molar-refractivity contribution in [3.63, 3.8) is 0 Å². The highest BCUT2D eigenvalue weighted by molar-refractivity contribution is 5.97. The van der Waals surface area contributed by atoms with E-state index >= 15 is 0 Å². The third-order valence-corrected chi connectivity index (χ3v) is 7.42. The van der Waals surface area contributed by atoms with Crippen molar-refractivity contribution in [3.8, 4) is 5.69 Å². The highest BCUT2D eigenvalue weighted by Crippen LogP contribution is 2.28. The Balaban J connectivity index is 1.57. The van der Waals surface area contributed by atoms with Crippen LogP contribution in [-0.2, 0) is 18.3 Å². The van der Waals surface area contributed by atoms with Crippen LogP contribution in [0.3, 0.4) is 0 Å². The molecule has 3 aromatic carbocycles. The predicted molar refractivity (Wildman–Crippen MR) is 162 cm³/mol. The molecule has 10 nitrogen and oxygen atoms in total. The summed E-state index contributed by atoms with van der Waals surface area (Å²) in [6.45, 7) is 1.23. The number of aromatic nitrogens is 2. The van der Waals surface area contributed by atoms with E-state index in [1.165, 1.54) is 42.8 Å². The van der Waals surface area contributed by atoms with E-state index in [1.807, 2.05) is 10.6 Å². The zero-order chi connectivity index (χ0) is 34.1. The summed E-state index contributed by atoms with van der Waals surface area (Å²) in [5.74, 6) is -5.96. The first-order valence-electron chi connectivity index (χ1n) is 13.9. The lowest BCUT2D eigenvalue weighted by molar-refractivity contribution is -0.143. The van der Waals surface area contributed by atoms with Crippen molar-refractivity contribution < 1.29 is 36.6 Å². The van der Waals surface area contributed by atoms with Gasteiger partial charge in [0, 0.05) is 38.9 Å². The molecule has 0 aliphatic carbocycles. The maximum absolute atomic E-state index is 14.7. The molecule has 15 heteroatoms. The van der Waals surface area contributed by atoms with Crippen LogP contribution in [0.15, 0.2) is 64.2 Å². The van der Waals surface area contributed by atoms with Gasteiger partial charge in [0.1, 0.15) is 29.3 Å². The van der Waals surface area contributed by atoms with Crippen LogP contribution >= 0.6 is 0 Å². The van der Waals surface area contributed by atoms with Gasteiger partial charge in [-0.2, -0.15) is 13.2 Å². The number of carbonyl (C=O) groups excluding carboxylic acids is 1. The normalized spacial score (nSPS) is 12.9. The third-order valence-electron chi connectivity index (χ3n) is 7.42. The molecule has 0 spiro atoms. The Bertz CT molecular complexity index is 1900. The van der Waals surface area contributed by atoms with E-state index in [1.54, 1.807) is 37.2 Å². The van der Waals surface area contributed by atoms with Gasteiger partial charge >= 0.3 is 17.8 Å². The molecule has 2 atom stereocenters. The van der Waals surface area contributed by atoms with Crippen LogP contribution in [0.1, 0.15) is 29.3 Å². The highest BCUT2D eigenvalue weighted by atomic mass is 19.4. The number of halogens is 5. The maximum Gasteiger partial charge on any atom is 0.408 e. The van der Waals surface area contributed by atoms with Crippen molar-refractivity contribution in [2.24, 2.45) is 7.05 Å². The summed E-state index contributed by atoms with van der Waals surface area (Å²) in [6.07, 6.45) is -5.48. The largest absolute Gasteiger partial charge is 0.480 e. The molecule has 0 saturated carbocycles. The number of benzene rings is 3. The molecule has 0 aliphatic rings. The molecule has 0 aliphatic heterocycles. The van der Waals surface area contributed by atoms with Gasteiger partial charge < -0.3 is 20.6 Å². The van der Waals surface area contributed by atoms with Crippen LogP contribution in [-0.4, -0.2) is 58.5 Å². The summed E-state index contributed by atoms with van der Waals surface area (Å²) in [5.41, 5.74) is -1.22. The number of hydrogen-bond acceptors (Lipinski definition) is 6. The molecule has 4 rings (SSSR count). The SMILES string of the molecule is CC[C@@H](Nc1cc(F)c(C(=O)N[C@@H](Cc2ccc(-n3c(=O)c4cc(N(C)C)ccc4n(C)c3=O)cc2)C(=O)O)c(F)c1)C(F)(F)F. The molecule has 0 unspecified atom stereocenters. The first-order chi connectivity index (χ1) is 21.5. The van der Waals surface area contributed by atoms with Crippen LogP contribution in [0, 0.1) is 11.6 Å². The van der Waals surface area contributed by atoms with Gasteiger partial charge in [0.05, 0.1) is 16.6 Å². The highest BCUT2D eigenvalue weighted by Gasteiger charge is 2.38. The number of carbonyl (C=O) groups is 2. The van der Waals surface area contributed by atoms with Crippen LogP contribution in [0.2, 0.25) is 0 Å². The minimum atomic E-state index is -4.69. The Hall–Kier alpha value is -5.21. The smallest absolute Gasteiger partial charge is 0.408 e. The molecule has 0 saturated heterocycles. The topological polar surface area (TPSA) is 126 Å². The molecule has 1 amide bonds. The number of hydrogen-bond donors (Lipinski definition) is 3. The van der Waals surface area contributed by atoms with Gasteiger partial charge in [0.15, 0.2) is 0 Å². The number of amides is 1. The first kappa shape index (κ1) is 33.7. The predicted octanol–water partition coefficient (Wildman–Crippen LogP) is 4.21. The van der Waals surface area contributed by atoms with E-state index in [-0.39, 0.29) is 12.1 Å².